The van der Waals surface area contributed by atoms with E-state index in [1.807, 2.05) is 0 Å². The molecule has 0 nitrogen and oxygen atoms in total. The average molecular weight is 427 g/mol. The normalized spacial score (nSPS) is 56.2. The lowest BCUT2D eigenvalue weighted by Crippen LogP contribution is -2.62. The number of rotatable bonds is 3. The molecule has 6 aliphatic rings. The van der Waals surface area contributed by atoms with Gasteiger partial charge in [-0.15, -0.1) is 0 Å². The Morgan fingerprint density at radius 3 is 2.40 bits per heavy atom. The molecule has 11 atom stereocenters. The molecule has 30 heavy (non-hydrogen) atoms. The Morgan fingerprint density at radius 2 is 1.60 bits per heavy atom. The number of hydrogen-bond donors (Lipinski definition) is 0. The van der Waals surface area contributed by atoms with Gasteiger partial charge in [-0.25, -0.2) is 0 Å². The molecule has 5 saturated carbocycles. The molecule has 11 unspecified atom stereocenters. The Balaban J connectivity index is 1.33. The van der Waals surface area contributed by atoms with Crippen molar-refractivity contribution in [1.29, 1.82) is 0 Å². The molecule has 1 aliphatic heterocycles. The van der Waals surface area contributed by atoms with E-state index in [0.717, 1.165) is 35.5 Å². The number of hydrogen-bond acceptors (Lipinski definition) is 0. The van der Waals surface area contributed by atoms with Crippen molar-refractivity contribution >= 4 is 8.07 Å². The molecule has 1 heterocycles. The molecule has 1 heteroatoms. The minimum absolute atomic E-state index is 0.624. The van der Waals surface area contributed by atoms with Crippen molar-refractivity contribution in [3.8, 4) is 0 Å². The molecule has 0 spiro atoms. The van der Waals surface area contributed by atoms with Crippen LogP contribution in [-0.2, 0) is 0 Å². The van der Waals surface area contributed by atoms with E-state index in [0.29, 0.717) is 5.41 Å². The fourth-order valence-electron chi connectivity index (χ4n) is 12.1. The Morgan fingerprint density at radius 1 is 0.800 bits per heavy atom. The third-order valence-electron chi connectivity index (χ3n) is 12.9. The van der Waals surface area contributed by atoms with Gasteiger partial charge in [-0.3, -0.25) is 0 Å². The molecule has 1 saturated heterocycles. The highest BCUT2D eigenvalue weighted by molar-refractivity contribution is 6.85. The van der Waals surface area contributed by atoms with Crippen molar-refractivity contribution in [3.63, 3.8) is 0 Å². The maximum atomic E-state index is 2.99. The van der Waals surface area contributed by atoms with Crippen LogP contribution in [0.3, 0.4) is 0 Å². The van der Waals surface area contributed by atoms with Gasteiger partial charge in [0.15, 0.2) is 0 Å². The van der Waals surface area contributed by atoms with E-state index in [2.05, 4.69) is 34.2 Å². The van der Waals surface area contributed by atoms with Gasteiger partial charge in [0.05, 0.1) is 8.07 Å². The summed E-state index contributed by atoms with van der Waals surface area (Å²) in [6, 6.07) is 0. The molecule has 0 bridgehead atoms. The first-order chi connectivity index (χ1) is 14.3. The third kappa shape index (κ3) is 2.75. The van der Waals surface area contributed by atoms with Crippen LogP contribution < -0.4 is 0 Å². The van der Waals surface area contributed by atoms with Crippen molar-refractivity contribution < 1.29 is 0 Å². The van der Waals surface area contributed by atoms with Crippen LogP contribution in [-0.4, -0.2) is 8.07 Å². The summed E-state index contributed by atoms with van der Waals surface area (Å²) in [6.07, 6.45) is 19.2. The first-order valence-corrected chi connectivity index (χ1v) is 17.1. The predicted molar refractivity (Wildman–Crippen MR) is 131 cm³/mol. The molecule has 0 radical (unpaired) electrons. The summed E-state index contributed by atoms with van der Waals surface area (Å²) in [5, 5.41) is 0. The van der Waals surface area contributed by atoms with Crippen molar-refractivity contribution in [2.24, 2.45) is 52.8 Å². The van der Waals surface area contributed by atoms with Crippen LogP contribution in [0.15, 0.2) is 0 Å². The number of fused-ring (bicyclic) bond motifs is 3. The highest BCUT2D eigenvalue weighted by atomic mass is 28.3. The fourth-order valence-corrected chi connectivity index (χ4v) is 19.8. The van der Waals surface area contributed by atoms with Crippen molar-refractivity contribution in [2.75, 3.05) is 0 Å². The molecule has 5 aliphatic carbocycles. The van der Waals surface area contributed by atoms with Crippen molar-refractivity contribution in [1.82, 2.24) is 0 Å². The second-order valence-corrected chi connectivity index (χ2v) is 19.6. The Hall–Kier alpha value is 0.217. The first-order valence-electron chi connectivity index (χ1n) is 14.3. The van der Waals surface area contributed by atoms with Crippen LogP contribution >= 0.6 is 0 Å². The van der Waals surface area contributed by atoms with E-state index in [1.165, 1.54) is 41.3 Å². The zero-order valence-electron chi connectivity index (χ0n) is 20.8. The maximum Gasteiger partial charge on any atom is 0.0606 e. The van der Waals surface area contributed by atoms with Crippen LogP contribution in [0.4, 0.5) is 0 Å². The van der Waals surface area contributed by atoms with Gasteiger partial charge in [-0.1, -0.05) is 72.8 Å². The minimum atomic E-state index is -1.11. The zero-order chi connectivity index (χ0) is 20.8. The molecule has 0 N–H and O–H groups in total. The predicted octanol–water partition coefficient (Wildman–Crippen LogP) is 8.93. The molecular weight excluding hydrogens is 376 g/mol. The molecular formula is C29H50Si. The topological polar surface area (TPSA) is 0 Å². The molecule has 6 fully saturated rings. The van der Waals surface area contributed by atoms with Crippen LogP contribution in [0.1, 0.15) is 105 Å². The Labute approximate surface area is 188 Å². The van der Waals surface area contributed by atoms with E-state index in [1.54, 1.807) is 64.2 Å². The molecule has 0 aromatic heterocycles. The van der Waals surface area contributed by atoms with Crippen LogP contribution in [0, 0.1) is 52.8 Å². The van der Waals surface area contributed by atoms with Crippen LogP contribution in [0.5, 0.6) is 0 Å². The van der Waals surface area contributed by atoms with E-state index in [9.17, 15) is 0 Å². The van der Waals surface area contributed by atoms with E-state index in [-0.39, 0.29) is 0 Å². The van der Waals surface area contributed by atoms with Gasteiger partial charge in [0.1, 0.15) is 0 Å². The highest BCUT2D eigenvalue weighted by Gasteiger charge is 2.70. The molecule has 6 rings (SSSR count). The zero-order valence-corrected chi connectivity index (χ0v) is 21.8. The van der Waals surface area contributed by atoms with Gasteiger partial charge in [0.25, 0.3) is 0 Å². The summed E-state index contributed by atoms with van der Waals surface area (Å²) in [5.74, 6) is 8.82. The van der Waals surface area contributed by atoms with Gasteiger partial charge in [-0.2, -0.15) is 0 Å². The van der Waals surface area contributed by atoms with Crippen LogP contribution in [0.2, 0.25) is 23.2 Å². The molecule has 0 amide bonds. The van der Waals surface area contributed by atoms with Gasteiger partial charge < -0.3 is 0 Å². The van der Waals surface area contributed by atoms with Crippen molar-refractivity contribution in [3.05, 3.63) is 0 Å². The lowest BCUT2D eigenvalue weighted by Gasteiger charge is -2.64. The third-order valence-corrected chi connectivity index (χ3v) is 19.7. The summed E-state index contributed by atoms with van der Waals surface area (Å²) in [4.78, 5) is 0. The lowest BCUT2D eigenvalue weighted by atomic mass is 9.53. The standard InChI is InChI=1S/C29H50Si/c1-18(2)16-20-17-26(30(5)24-10-6-8-19-11-14-25(30)28(19)24)22-12-13-23-21(27(20)22)9-7-15-29(23,3)4/h18-28H,6-17H2,1-5H3. The summed E-state index contributed by atoms with van der Waals surface area (Å²) in [5.41, 5.74) is 4.36. The monoisotopic (exact) mass is 426 g/mol. The van der Waals surface area contributed by atoms with Gasteiger partial charge in [0, 0.05) is 0 Å². The van der Waals surface area contributed by atoms with Crippen molar-refractivity contribution in [2.45, 2.75) is 128 Å². The summed E-state index contributed by atoms with van der Waals surface area (Å²) in [7, 11) is -1.11. The highest BCUT2D eigenvalue weighted by Crippen LogP contribution is 2.77. The van der Waals surface area contributed by atoms with E-state index < -0.39 is 8.07 Å². The quantitative estimate of drug-likeness (QED) is 0.395. The minimum Gasteiger partial charge on any atom is -0.0685 e. The molecule has 0 aromatic carbocycles. The Bertz CT molecular complexity index is 665. The van der Waals surface area contributed by atoms with Crippen LogP contribution in [0.25, 0.3) is 0 Å². The first kappa shape index (κ1) is 20.8. The second-order valence-electron chi connectivity index (χ2n) is 14.6. The lowest BCUT2D eigenvalue weighted by molar-refractivity contribution is -0.0302. The second kappa shape index (κ2) is 7.11. The average Bonchev–Trinajstić information content (AvgIpc) is 3.28. The maximum absolute atomic E-state index is 2.99. The summed E-state index contributed by atoms with van der Waals surface area (Å²) < 4.78 is 0. The molecule has 0 aromatic rings. The SMILES string of the molecule is CC(C)CC1CC([Si]2(C)C3CCCC4CCC2C43)C2CCC3C(CCCC3(C)C)C12. The van der Waals surface area contributed by atoms with E-state index in [4.69, 9.17) is 0 Å². The smallest absolute Gasteiger partial charge is 0.0606 e. The summed E-state index contributed by atoms with van der Waals surface area (Å²) >= 11 is 0. The van der Waals surface area contributed by atoms with Gasteiger partial charge in [0.2, 0.25) is 0 Å². The molecule has 170 valence electrons. The van der Waals surface area contributed by atoms with Gasteiger partial charge >= 0.3 is 0 Å². The Kier molecular flexibility index (Phi) is 4.93. The summed E-state index contributed by atoms with van der Waals surface area (Å²) in [6.45, 7) is 13.3. The fraction of sp³-hybridized carbons (Fsp3) is 1.00. The van der Waals surface area contributed by atoms with E-state index >= 15 is 0 Å². The van der Waals surface area contributed by atoms with Gasteiger partial charge in [-0.05, 0) is 108 Å². The largest absolute Gasteiger partial charge is 0.0685 e.